The number of carbonyl (C=O) groups excluding carboxylic acids is 1. The number of thiophene rings is 1. The van der Waals surface area contributed by atoms with Gasteiger partial charge in [-0.25, -0.2) is 0 Å². The Labute approximate surface area is 90.5 Å². The van der Waals surface area contributed by atoms with Crippen LogP contribution in [0.1, 0.15) is 23.0 Å². The summed E-state index contributed by atoms with van der Waals surface area (Å²) in [5.41, 5.74) is 0. The second-order valence-electron chi connectivity index (χ2n) is 2.69. The third-order valence-corrected chi connectivity index (χ3v) is 3.51. The predicted molar refractivity (Wildman–Crippen MR) is 59.7 cm³/mol. The molecule has 0 radical (unpaired) electrons. The fraction of sp³-hybridized carbons (Fsp3) is 0.444. The average molecular weight is 262 g/mol. The van der Waals surface area contributed by atoms with Crippen LogP contribution in [0.25, 0.3) is 0 Å². The van der Waals surface area contributed by atoms with Crippen molar-refractivity contribution >= 4 is 33.2 Å². The first kappa shape index (κ1) is 10.7. The van der Waals surface area contributed by atoms with Gasteiger partial charge < -0.3 is 5.32 Å². The summed E-state index contributed by atoms with van der Waals surface area (Å²) in [4.78, 5) is 12.6. The van der Waals surface area contributed by atoms with Crippen LogP contribution in [0.4, 0.5) is 0 Å². The van der Waals surface area contributed by atoms with Gasteiger partial charge in [-0.1, -0.05) is 28.9 Å². The second-order valence-corrected chi connectivity index (χ2v) is 4.94. The zero-order valence-corrected chi connectivity index (χ0v) is 9.82. The Hall–Kier alpha value is -0.350. The molecule has 72 valence electrons. The van der Waals surface area contributed by atoms with Gasteiger partial charge in [0.05, 0.1) is 4.88 Å². The van der Waals surface area contributed by atoms with E-state index in [1.54, 1.807) is 0 Å². The van der Waals surface area contributed by atoms with Gasteiger partial charge in [-0.15, -0.1) is 11.3 Å². The summed E-state index contributed by atoms with van der Waals surface area (Å²) in [6.07, 6.45) is 1.02. The molecule has 0 aliphatic rings. The Morgan fingerprint density at radius 3 is 3.08 bits per heavy atom. The summed E-state index contributed by atoms with van der Waals surface area (Å²) >= 11 is 4.92. The van der Waals surface area contributed by atoms with Crippen molar-refractivity contribution in [3.05, 3.63) is 22.4 Å². The minimum atomic E-state index is 0.0212. The summed E-state index contributed by atoms with van der Waals surface area (Å²) < 4.78 is 0. The van der Waals surface area contributed by atoms with Crippen molar-refractivity contribution in [1.82, 2.24) is 5.32 Å². The van der Waals surface area contributed by atoms with Gasteiger partial charge in [0.2, 0.25) is 0 Å². The molecule has 1 unspecified atom stereocenters. The van der Waals surface area contributed by atoms with Crippen molar-refractivity contribution in [2.45, 2.75) is 18.2 Å². The van der Waals surface area contributed by atoms with Gasteiger partial charge in [0.25, 0.3) is 5.91 Å². The van der Waals surface area contributed by atoms with E-state index in [4.69, 9.17) is 0 Å². The van der Waals surface area contributed by atoms with Crippen LogP contribution in [0.2, 0.25) is 0 Å². The zero-order valence-electron chi connectivity index (χ0n) is 7.42. The molecule has 0 saturated heterocycles. The average Bonchev–Trinajstić information content (AvgIpc) is 2.66. The van der Waals surface area contributed by atoms with Crippen LogP contribution in [0.15, 0.2) is 17.5 Å². The summed E-state index contributed by atoms with van der Waals surface area (Å²) in [7, 11) is 0. The summed E-state index contributed by atoms with van der Waals surface area (Å²) in [6, 6.07) is 3.71. The van der Waals surface area contributed by atoms with E-state index in [0.29, 0.717) is 11.4 Å². The highest BCUT2D eigenvalue weighted by Crippen LogP contribution is 2.08. The highest BCUT2D eigenvalue weighted by molar-refractivity contribution is 9.09. The maximum atomic E-state index is 11.4. The lowest BCUT2D eigenvalue weighted by Crippen LogP contribution is -2.28. The summed E-state index contributed by atoms with van der Waals surface area (Å²) in [6.45, 7) is 2.77. The van der Waals surface area contributed by atoms with Crippen molar-refractivity contribution < 1.29 is 4.79 Å². The summed E-state index contributed by atoms with van der Waals surface area (Å²) in [5.74, 6) is 0.0212. The van der Waals surface area contributed by atoms with Gasteiger partial charge in [0.15, 0.2) is 0 Å². The van der Waals surface area contributed by atoms with Gasteiger partial charge in [0.1, 0.15) is 0 Å². The van der Waals surface area contributed by atoms with E-state index < -0.39 is 0 Å². The van der Waals surface area contributed by atoms with E-state index in [2.05, 4.69) is 28.2 Å². The minimum Gasteiger partial charge on any atom is -0.350 e. The Morgan fingerprint density at radius 1 is 1.77 bits per heavy atom. The molecule has 0 aliphatic carbocycles. The zero-order chi connectivity index (χ0) is 9.68. The molecule has 1 aromatic heterocycles. The molecular weight excluding hydrogens is 250 g/mol. The lowest BCUT2D eigenvalue weighted by atomic mass is 10.3. The number of halogens is 1. The predicted octanol–water partition coefficient (Wildman–Crippen LogP) is 2.65. The molecule has 0 saturated carbocycles. The van der Waals surface area contributed by atoms with Crippen LogP contribution in [-0.4, -0.2) is 17.3 Å². The molecule has 1 heterocycles. The van der Waals surface area contributed by atoms with E-state index in [0.717, 1.165) is 11.3 Å². The smallest absolute Gasteiger partial charge is 0.261 e. The fourth-order valence-electron chi connectivity index (χ4n) is 0.843. The van der Waals surface area contributed by atoms with Gasteiger partial charge in [-0.05, 0) is 17.9 Å². The lowest BCUT2D eigenvalue weighted by molar-refractivity contribution is 0.0958. The topological polar surface area (TPSA) is 29.1 Å². The molecule has 0 fully saturated rings. The van der Waals surface area contributed by atoms with E-state index >= 15 is 0 Å². The van der Waals surface area contributed by atoms with Crippen LogP contribution in [-0.2, 0) is 0 Å². The fourth-order valence-corrected chi connectivity index (χ4v) is 1.64. The Morgan fingerprint density at radius 2 is 2.54 bits per heavy atom. The first-order chi connectivity index (χ1) is 6.24. The van der Waals surface area contributed by atoms with Gasteiger partial charge in [0, 0.05) is 11.4 Å². The third kappa shape index (κ3) is 3.48. The van der Waals surface area contributed by atoms with E-state index in [9.17, 15) is 4.79 Å². The molecular formula is C9H12BrNOS. The molecule has 1 rings (SSSR count). The molecule has 0 aromatic carbocycles. The number of nitrogens with one attached hydrogen (secondary N) is 1. The van der Waals surface area contributed by atoms with Crippen molar-refractivity contribution in [2.75, 3.05) is 6.54 Å². The number of carbonyl (C=O) groups is 1. The lowest BCUT2D eigenvalue weighted by Gasteiger charge is -2.07. The molecule has 1 aromatic rings. The molecule has 1 amide bonds. The molecule has 1 atom stereocenters. The monoisotopic (exact) mass is 261 g/mol. The largest absolute Gasteiger partial charge is 0.350 e. The Balaban J connectivity index is 2.35. The number of amides is 1. The Kier molecular flexibility index (Phi) is 4.45. The van der Waals surface area contributed by atoms with Crippen LogP contribution in [0.5, 0.6) is 0 Å². The van der Waals surface area contributed by atoms with E-state index in [1.165, 1.54) is 11.3 Å². The van der Waals surface area contributed by atoms with Crippen LogP contribution < -0.4 is 5.32 Å². The normalized spacial score (nSPS) is 12.5. The molecule has 2 nitrogen and oxygen atoms in total. The van der Waals surface area contributed by atoms with Crippen LogP contribution >= 0.6 is 27.3 Å². The molecule has 0 bridgehead atoms. The quantitative estimate of drug-likeness (QED) is 0.830. The molecule has 1 N–H and O–H groups in total. The van der Waals surface area contributed by atoms with E-state index in [-0.39, 0.29) is 5.91 Å². The van der Waals surface area contributed by atoms with Gasteiger partial charge >= 0.3 is 0 Å². The van der Waals surface area contributed by atoms with Crippen molar-refractivity contribution in [2.24, 2.45) is 0 Å². The second kappa shape index (κ2) is 5.40. The molecule has 4 heteroatoms. The molecule has 0 spiro atoms. The first-order valence-electron chi connectivity index (χ1n) is 4.19. The van der Waals surface area contributed by atoms with Crippen LogP contribution in [0.3, 0.4) is 0 Å². The van der Waals surface area contributed by atoms with Gasteiger partial charge in [-0.2, -0.15) is 0 Å². The van der Waals surface area contributed by atoms with Crippen LogP contribution in [0, 0.1) is 0 Å². The maximum absolute atomic E-state index is 11.4. The van der Waals surface area contributed by atoms with Crippen molar-refractivity contribution in [3.63, 3.8) is 0 Å². The third-order valence-electron chi connectivity index (χ3n) is 1.67. The number of rotatable bonds is 4. The van der Waals surface area contributed by atoms with Gasteiger partial charge in [-0.3, -0.25) is 4.79 Å². The number of alkyl halides is 1. The first-order valence-corrected chi connectivity index (χ1v) is 5.99. The molecule has 0 aliphatic heterocycles. The standard InChI is InChI=1S/C9H12BrNOS/c1-2-7(10)6-11-9(12)8-4-3-5-13-8/h3-5,7H,2,6H2,1H3,(H,11,12). The maximum Gasteiger partial charge on any atom is 0.261 e. The number of hydrogen-bond donors (Lipinski definition) is 1. The Bertz CT molecular complexity index is 261. The van der Waals surface area contributed by atoms with E-state index in [1.807, 2.05) is 17.5 Å². The number of hydrogen-bond acceptors (Lipinski definition) is 2. The highest BCUT2D eigenvalue weighted by Gasteiger charge is 2.07. The van der Waals surface area contributed by atoms with Crippen molar-refractivity contribution in [1.29, 1.82) is 0 Å². The summed E-state index contributed by atoms with van der Waals surface area (Å²) in [5, 5.41) is 4.76. The highest BCUT2D eigenvalue weighted by atomic mass is 79.9. The SMILES string of the molecule is CCC(Br)CNC(=O)c1cccs1. The molecule has 13 heavy (non-hydrogen) atoms. The minimum absolute atomic E-state index is 0.0212. The van der Waals surface area contributed by atoms with Crippen molar-refractivity contribution in [3.8, 4) is 0 Å².